The van der Waals surface area contributed by atoms with E-state index in [2.05, 4.69) is 26.1 Å². The molecule has 18 heavy (non-hydrogen) atoms. The van der Waals surface area contributed by atoms with E-state index in [0.717, 1.165) is 38.0 Å². The Kier molecular flexibility index (Phi) is 3.72. The number of amides is 1. The van der Waals surface area contributed by atoms with Crippen molar-refractivity contribution in [3.63, 3.8) is 0 Å². The molecule has 2 N–H and O–H groups in total. The van der Waals surface area contributed by atoms with Gasteiger partial charge in [0.2, 0.25) is 5.91 Å². The molecule has 3 nitrogen and oxygen atoms in total. The van der Waals surface area contributed by atoms with Crippen molar-refractivity contribution in [1.29, 1.82) is 0 Å². The average Bonchev–Trinajstić information content (AvgIpc) is 2.97. The van der Waals surface area contributed by atoms with Crippen molar-refractivity contribution in [2.24, 2.45) is 17.3 Å². The molecule has 2 saturated carbocycles. The van der Waals surface area contributed by atoms with E-state index in [1.807, 2.05) is 0 Å². The molecule has 2 fully saturated rings. The zero-order chi connectivity index (χ0) is 13.4. The molecule has 2 aliphatic carbocycles. The maximum absolute atomic E-state index is 11.9. The Morgan fingerprint density at radius 1 is 1.33 bits per heavy atom. The van der Waals surface area contributed by atoms with Gasteiger partial charge in [0.25, 0.3) is 0 Å². The Hall–Kier alpha value is -0.570. The van der Waals surface area contributed by atoms with E-state index < -0.39 is 5.60 Å². The van der Waals surface area contributed by atoms with Gasteiger partial charge in [-0.05, 0) is 43.4 Å². The van der Waals surface area contributed by atoms with Gasteiger partial charge in [0, 0.05) is 12.5 Å². The summed E-state index contributed by atoms with van der Waals surface area (Å²) in [6.07, 6.45) is 6.04. The van der Waals surface area contributed by atoms with Crippen molar-refractivity contribution in [2.45, 2.75) is 64.9 Å². The molecule has 1 atom stereocenters. The van der Waals surface area contributed by atoms with Crippen molar-refractivity contribution in [3.8, 4) is 0 Å². The molecule has 1 amide bonds. The van der Waals surface area contributed by atoms with Gasteiger partial charge in [-0.2, -0.15) is 0 Å². The molecular weight excluding hydrogens is 226 g/mol. The standard InChI is InChI=1S/C15H27NO2/c1-4-11-5-7-15(18,8-6-11)10-16-13(17)12-9-14(12,2)3/h11-12,18H,4-10H2,1-3H3,(H,16,17). The fraction of sp³-hybridized carbons (Fsp3) is 0.933. The molecule has 0 aromatic heterocycles. The van der Waals surface area contributed by atoms with Crippen LogP contribution < -0.4 is 5.32 Å². The minimum atomic E-state index is -0.652. The zero-order valence-electron chi connectivity index (χ0n) is 12.0. The highest BCUT2D eigenvalue weighted by molar-refractivity contribution is 5.82. The van der Waals surface area contributed by atoms with Crippen LogP contribution in [0.2, 0.25) is 0 Å². The number of rotatable bonds is 4. The summed E-state index contributed by atoms with van der Waals surface area (Å²) < 4.78 is 0. The van der Waals surface area contributed by atoms with Crippen LogP contribution in [0.1, 0.15) is 59.3 Å². The molecule has 0 saturated heterocycles. The Morgan fingerprint density at radius 2 is 1.89 bits per heavy atom. The molecule has 0 spiro atoms. The molecule has 0 aliphatic heterocycles. The highest BCUT2D eigenvalue weighted by Gasteiger charge is 2.50. The lowest BCUT2D eigenvalue weighted by Crippen LogP contribution is -2.46. The van der Waals surface area contributed by atoms with Gasteiger partial charge in [0.15, 0.2) is 0 Å². The molecule has 0 aromatic rings. The number of nitrogens with one attached hydrogen (secondary N) is 1. The number of carbonyl (C=O) groups is 1. The van der Waals surface area contributed by atoms with Crippen molar-refractivity contribution in [3.05, 3.63) is 0 Å². The summed E-state index contributed by atoms with van der Waals surface area (Å²) >= 11 is 0. The van der Waals surface area contributed by atoms with E-state index in [0.29, 0.717) is 6.54 Å². The van der Waals surface area contributed by atoms with E-state index in [1.54, 1.807) is 0 Å². The van der Waals surface area contributed by atoms with Crippen molar-refractivity contribution in [1.82, 2.24) is 5.32 Å². The molecule has 0 aromatic carbocycles. The minimum Gasteiger partial charge on any atom is -0.388 e. The number of aliphatic hydroxyl groups is 1. The molecule has 0 radical (unpaired) electrons. The van der Waals surface area contributed by atoms with Gasteiger partial charge in [-0.15, -0.1) is 0 Å². The lowest BCUT2D eigenvalue weighted by molar-refractivity contribution is -0.124. The van der Waals surface area contributed by atoms with Crippen LogP contribution >= 0.6 is 0 Å². The van der Waals surface area contributed by atoms with E-state index in [9.17, 15) is 9.90 Å². The molecule has 0 heterocycles. The van der Waals surface area contributed by atoms with Crippen LogP contribution in [0.15, 0.2) is 0 Å². The number of hydrogen-bond acceptors (Lipinski definition) is 2. The Bertz CT molecular complexity index is 316. The molecule has 1 unspecified atom stereocenters. The van der Waals surface area contributed by atoms with Crippen LogP contribution in [0.25, 0.3) is 0 Å². The van der Waals surface area contributed by atoms with E-state index in [4.69, 9.17) is 0 Å². The predicted octanol–water partition coefficient (Wildman–Crippen LogP) is 2.48. The van der Waals surface area contributed by atoms with Crippen LogP contribution in [0, 0.1) is 17.3 Å². The largest absolute Gasteiger partial charge is 0.388 e. The highest BCUT2D eigenvalue weighted by Crippen LogP contribution is 2.51. The van der Waals surface area contributed by atoms with Gasteiger partial charge in [-0.3, -0.25) is 4.79 Å². The third-order valence-electron chi connectivity index (χ3n) is 5.03. The molecule has 2 aliphatic rings. The van der Waals surface area contributed by atoms with Gasteiger partial charge in [0.05, 0.1) is 5.60 Å². The van der Waals surface area contributed by atoms with Gasteiger partial charge < -0.3 is 10.4 Å². The van der Waals surface area contributed by atoms with Crippen LogP contribution in [0.5, 0.6) is 0 Å². The van der Waals surface area contributed by atoms with Crippen molar-refractivity contribution >= 4 is 5.91 Å². The lowest BCUT2D eigenvalue weighted by Gasteiger charge is -2.35. The summed E-state index contributed by atoms with van der Waals surface area (Å²) in [4.78, 5) is 11.9. The second-order valence-electron chi connectivity index (χ2n) is 7.04. The third kappa shape index (κ3) is 3.05. The molecule has 3 heteroatoms. The Labute approximate surface area is 110 Å². The maximum Gasteiger partial charge on any atom is 0.223 e. The van der Waals surface area contributed by atoms with E-state index in [1.165, 1.54) is 6.42 Å². The quantitative estimate of drug-likeness (QED) is 0.808. The maximum atomic E-state index is 11.9. The SMILES string of the molecule is CCC1CCC(O)(CNC(=O)C2CC2(C)C)CC1. The summed E-state index contributed by atoms with van der Waals surface area (Å²) in [5, 5.41) is 13.4. The fourth-order valence-electron chi connectivity index (χ4n) is 3.09. The third-order valence-corrected chi connectivity index (χ3v) is 5.03. The second kappa shape index (κ2) is 4.84. The smallest absolute Gasteiger partial charge is 0.223 e. The number of hydrogen-bond donors (Lipinski definition) is 2. The average molecular weight is 253 g/mol. The van der Waals surface area contributed by atoms with E-state index >= 15 is 0 Å². The predicted molar refractivity (Wildman–Crippen MR) is 72.1 cm³/mol. The fourth-order valence-corrected chi connectivity index (χ4v) is 3.09. The van der Waals surface area contributed by atoms with Gasteiger partial charge in [-0.25, -0.2) is 0 Å². The summed E-state index contributed by atoms with van der Waals surface area (Å²) in [6.45, 7) is 6.90. The molecule has 2 rings (SSSR count). The highest BCUT2D eigenvalue weighted by atomic mass is 16.3. The van der Waals surface area contributed by atoms with Crippen LogP contribution in [0.3, 0.4) is 0 Å². The Balaban J connectivity index is 1.75. The normalized spacial score (nSPS) is 38.2. The second-order valence-corrected chi connectivity index (χ2v) is 7.04. The topological polar surface area (TPSA) is 49.3 Å². The molecule has 104 valence electrons. The first-order valence-electron chi connectivity index (χ1n) is 7.36. The first kappa shape index (κ1) is 13.9. The van der Waals surface area contributed by atoms with Crippen molar-refractivity contribution < 1.29 is 9.90 Å². The minimum absolute atomic E-state index is 0.131. The molecular formula is C15H27NO2. The monoisotopic (exact) mass is 253 g/mol. The summed E-state index contributed by atoms with van der Waals surface area (Å²) in [6, 6.07) is 0. The molecule has 0 bridgehead atoms. The lowest BCUT2D eigenvalue weighted by atomic mass is 9.78. The van der Waals surface area contributed by atoms with Gasteiger partial charge in [-0.1, -0.05) is 27.2 Å². The van der Waals surface area contributed by atoms with Gasteiger partial charge >= 0.3 is 0 Å². The Morgan fingerprint density at radius 3 is 2.33 bits per heavy atom. The summed E-state index contributed by atoms with van der Waals surface area (Å²) in [5.74, 6) is 1.06. The van der Waals surface area contributed by atoms with E-state index in [-0.39, 0.29) is 17.2 Å². The number of carbonyl (C=O) groups excluding carboxylic acids is 1. The van der Waals surface area contributed by atoms with Gasteiger partial charge in [0.1, 0.15) is 0 Å². The van der Waals surface area contributed by atoms with Crippen LogP contribution in [-0.2, 0) is 4.79 Å². The summed E-state index contributed by atoms with van der Waals surface area (Å²) in [5.41, 5.74) is -0.479. The zero-order valence-corrected chi connectivity index (χ0v) is 12.0. The first-order valence-corrected chi connectivity index (χ1v) is 7.36. The summed E-state index contributed by atoms with van der Waals surface area (Å²) in [7, 11) is 0. The van der Waals surface area contributed by atoms with Crippen molar-refractivity contribution in [2.75, 3.05) is 6.54 Å². The first-order chi connectivity index (χ1) is 8.36. The van der Waals surface area contributed by atoms with Crippen LogP contribution in [0.4, 0.5) is 0 Å². The van der Waals surface area contributed by atoms with Crippen LogP contribution in [-0.4, -0.2) is 23.2 Å².